The molecule has 0 aliphatic carbocycles. The van der Waals surface area contributed by atoms with Gasteiger partial charge in [0.05, 0.1) is 13.2 Å². The maximum atomic E-state index is 12.7. The van der Waals surface area contributed by atoms with Gasteiger partial charge in [0.15, 0.2) is 12.5 Å². The minimum atomic E-state index is -5.08. The summed E-state index contributed by atoms with van der Waals surface area (Å²) < 4.78 is 35.0. The molecule has 9 atom stereocenters. The lowest BCUT2D eigenvalue weighted by Crippen LogP contribution is -2.39. The molecule has 2 aromatic rings. The number of nitrogens with zero attached hydrogens (tertiary/aromatic N) is 3. The van der Waals surface area contributed by atoms with Crippen LogP contribution in [0.5, 0.6) is 0 Å². The van der Waals surface area contributed by atoms with Crippen LogP contribution in [0.2, 0.25) is 0 Å². The summed E-state index contributed by atoms with van der Waals surface area (Å²) in [6, 6.07) is 2.21. The van der Waals surface area contributed by atoms with Gasteiger partial charge in [-0.25, -0.2) is 14.2 Å². The van der Waals surface area contributed by atoms with Crippen LogP contribution in [0.1, 0.15) is 12.5 Å². The van der Waals surface area contributed by atoms with Gasteiger partial charge in [0.1, 0.15) is 42.4 Å². The van der Waals surface area contributed by atoms with Crippen LogP contribution in [0.25, 0.3) is 0 Å². The Morgan fingerprint density at radius 1 is 1.03 bits per heavy atom. The molecule has 4 rings (SSSR count). The minimum Gasteiger partial charge on any atom is -0.394 e. The molecular formula is C18H24N5O13P. The van der Waals surface area contributed by atoms with Crippen LogP contribution >= 0.6 is 7.82 Å². The third kappa shape index (κ3) is 5.58. The molecule has 2 aliphatic rings. The number of nitrogen functional groups attached to an aromatic ring is 1. The number of hydrogen-bond acceptors (Lipinski definition) is 14. The molecule has 0 aromatic carbocycles. The number of aliphatic hydroxyl groups excluding tert-OH is 4. The molecule has 0 amide bonds. The highest BCUT2D eigenvalue weighted by atomic mass is 31.2. The third-order valence-electron chi connectivity index (χ3n) is 5.74. The van der Waals surface area contributed by atoms with Crippen molar-refractivity contribution >= 4 is 13.6 Å². The van der Waals surface area contributed by atoms with Crippen molar-refractivity contribution in [1.29, 1.82) is 0 Å². The molecule has 2 fully saturated rings. The first-order valence-corrected chi connectivity index (χ1v) is 12.2. The van der Waals surface area contributed by atoms with Gasteiger partial charge in [0.2, 0.25) is 0 Å². The topological polar surface area (TPSA) is 271 Å². The second-order valence-electron chi connectivity index (χ2n) is 8.18. The number of H-pyrrole nitrogens is 1. The summed E-state index contributed by atoms with van der Waals surface area (Å²) in [4.78, 5) is 51.2. The number of phosphoric acid groups is 1. The second kappa shape index (κ2) is 10.5. The van der Waals surface area contributed by atoms with E-state index >= 15 is 0 Å². The molecule has 0 saturated carbocycles. The molecule has 1 unspecified atom stereocenters. The Hall–Kier alpha value is -2.77. The lowest BCUT2D eigenvalue weighted by Gasteiger charge is -2.25. The molecular weight excluding hydrogens is 525 g/mol. The van der Waals surface area contributed by atoms with E-state index in [0.29, 0.717) is 0 Å². The average molecular weight is 549 g/mol. The Morgan fingerprint density at radius 2 is 1.70 bits per heavy atom. The smallest absolute Gasteiger partial charge is 0.394 e. The summed E-state index contributed by atoms with van der Waals surface area (Å²) in [5.41, 5.74) is 2.82. The average Bonchev–Trinajstić information content (AvgIpc) is 3.28. The van der Waals surface area contributed by atoms with Crippen LogP contribution in [0.15, 0.2) is 38.9 Å². The Bertz CT molecular complexity index is 1350. The highest BCUT2D eigenvalue weighted by molar-refractivity contribution is 7.47. The molecule has 37 heavy (non-hydrogen) atoms. The zero-order chi connectivity index (χ0) is 27.1. The van der Waals surface area contributed by atoms with Crippen molar-refractivity contribution in [2.45, 2.75) is 49.1 Å². The van der Waals surface area contributed by atoms with Gasteiger partial charge in [0, 0.05) is 18.5 Å². The zero-order valence-corrected chi connectivity index (χ0v) is 19.6. The van der Waals surface area contributed by atoms with Crippen LogP contribution in [0.4, 0.5) is 5.82 Å². The highest BCUT2D eigenvalue weighted by Crippen LogP contribution is 2.49. The summed E-state index contributed by atoms with van der Waals surface area (Å²) >= 11 is 0. The van der Waals surface area contributed by atoms with Crippen molar-refractivity contribution in [3.63, 3.8) is 0 Å². The fourth-order valence-corrected chi connectivity index (χ4v) is 4.83. The number of aromatic amines is 1. The molecule has 18 nitrogen and oxygen atoms in total. The van der Waals surface area contributed by atoms with Crippen LogP contribution in [-0.4, -0.2) is 94.3 Å². The van der Waals surface area contributed by atoms with Gasteiger partial charge in [-0.2, -0.15) is 4.98 Å². The Kier molecular flexibility index (Phi) is 7.77. The fourth-order valence-electron chi connectivity index (χ4n) is 3.90. The maximum Gasteiger partial charge on any atom is 0.472 e. The van der Waals surface area contributed by atoms with Crippen molar-refractivity contribution < 1.29 is 48.4 Å². The number of aliphatic hydroxyl groups is 4. The Balaban J connectivity index is 1.47. The normalized spacial score (nSPS) is 33.4. The first-order chi connectivity index (χ1) is 17.4. The third-order valence-corrected chi connectivity index (χ3v) is 6.72. The van der Waals surface area contributed by atoms with E-state index in [4.69, 9.17) is 24.3 Å². The first-order valence-electron chi connectivity index (χ1n) is 10.7. The molecule has 8 N–H and O–H groups in total. The number of anilines is 1. The molecule has 204 valence electrons. The number of rotatable bonds is 8. The number of nitrogens with two attached hydrogens (primary N) is 1. The molecule has 0 spiro atoms. The lowest BCUT2D eigenvalue weighted by molar-refractivity contribution is -0.0651. The van der Waals surface area contributed by atoms with Gasteiger partial charge >= 0.3 is 19.2 Å². The highest BCUT2D eigenvalue weighted by Gasteiger charge is 2.50. The van der Waals surface area contributed by atoms with E-state index in [9.17, 15) is 44.3 Å². The van der Waals surface area contributed by atoms with E-state index in [2.05, 4.69) is 4.98 Å². The van der Waals surface area contributed by atoms with Gasteiger partial charge in [-0.15, -0.1) is 0 Å². The van der Waals surface area contributed by atoms with E-state index in [1.165, 1.54) is 12.3 Å². The van der Waals surface area contributed by atoms with E-state index in [1.54, 1.807) is 0 Å². The molecule has 4 heterocycles. The first kappa shape index (κ1) is 27.3. The maximum absolute atomic E-state index is 12.7. The van der Waals surface area contributed by atoms with Gasteiger partial charge in [-0.1, -0.05) is 0 Å². The van der Waals surface area contributed by atoms with E-state index in [-0.39, 0.29) is 5.82 Å². The quantitative estimate of drug-likeness (QED) is 0.154. The number of phosphoric ester groups is 1. The summed E-state index contributed by atoms with van der Waals surface area (Å²) in [5.74, 6) is -0.0866. The summed E-state index contributed by atoms with van der Waals surface area (Å²) in [5, 5.41) is 40.4. The monoisotopic (exact) mass is 549 g/mol. The van der Waals surface area contributed by atoms with E-state index < -0.39 is 87.1 Å². The van der Waals surface area contributed by atoms with Crippen molar-refractivity contribution in [3.8, 4) is 0 Å². The summed E-state index contributed by atoms with van der Waals surface area (Å²) in [6.07, 6.45) is -10.3. The Labute approximate surface area is 205 Å². The molecule has 19 heteroatoms. The molecule has 2 aromatic heterocycles. The number of nitrogens with one attached hydrogen (secondary N) is 1. The van der Waals surface area contributed by atoms with Crippen molar-refractivity contribution in [2.75, 3.05) is 18.9 Å². The number of hydrogen-bond donors (Lipinski definition) is 7. The summed E-state index contributed by atoms with van der Waals surface area (Å²) in [6.45, 7) is -1.57. The minimum absolute atomic E-state index is 0.0866. The van der Waals surface area contributed by atoms with E-state index in [1.807, 2.05) is 4.98 Å². The molecule has 2 aliphatic heterocycles. The molecule has 2 saturated heterocycles. The van der Waals surface area contributed by atoms with Crippen LogP contribution in [0, 0.1) is 0 Å². The second-order valence-corrected chi connectivity index (χ2v) is 9.58. The fraction of sp³-hybridized carbons (Fsp3) is 0.556. The van der Waals surface area contributed by atoms with Crippen LogP contribution in [-0.2, 0) is 23.1 Å². The molecule has 0 radical (unpaired) electrons. The number of aromatic nitrogens is 4. The van der Waals surface area contributed by atoms with Crippen molar-refractivity contribution in [3.05, 3.63) is 55.8 Å². The number of ether oxygens (including phenoxy) is 2. The predicted octanol–water partition coefficient (Wildman–Crippen LogP) is -4.25. The largest absolute Gasteiger partial charge is 0.472 e. The summed E-state index contributed by atoms with van der Waals surface area (Å²) in [7, 11) is -5.08. The zero-order valence-electron chi connectivity index (χ0n) is 18.7. The van der Waals surface area contributed by atoms with Gasteiger partial charge in [-0.3, -0.25) is 28.0 Å². The lowest BCUT2D eigenvalue weighted by atomic mass is 10.1. The van der Waals surface area contributed by atoms with Crippen LogP contribution < -0.4 is 22.7 Å². The van der Waals surface area contributed by atoms with Gasteiger partial charge in [0.25, 0.3) is 5.56 Å². The van der Waals surface area contributed by atoms with Crippen molar-refractivity contribution in [2.24, 2.45) is 0 Å². The predicted molar refractivity (Wildman–Crippen MR) is 118 cm³/mol. The standard InChI is InChI=1S/C18H24N5O13P/c19-9-1-3-22(17(29)20-9)15-13(28)11(26)8(35-15)6-33-37(31,32)36-14-12(27)7(5-24)34-16(14)23-4-2-10(25)21-18(23)30/h1-4,7-8,11-16,24,26-28H,5-6H2,(H,31,32)(H2,19,20,29)(H,21,25,30)/t7-,8-,11-,12-,13-,14-,15-,16-/m1/s1. The van der Waals surface area contributed by atoms with Crippen LogP contribution in [0.3, 0.4) is 0 Å². The van der Waals surface area contributed by atoms with Gasteiger partial charge < -0.3 is 40.5 Å². The molecule has 0 bridgehead atoms. The van der Waals surface area contributed by atoms with E-state index in [0.717, 1.165) is 21.4 Å². The Morgan fingerprint density at radius 3 is 2.35 bits per heavy atom. The van der Waals surface area contributed by atoms with Gasteiger partial charge in [-0.05, 0) is 6.07 Å². The van der Waals surface area contributed by atoms with Crippen molar-refractivity contribution in [1.82, 2.24) is 19.1 Å². The SMILES string of the molecule is Nc1ccn([C@@H]2O[C@H](COP(=O)(O)O[C@@H]3[C@H](O)[C@@H](CO)O[C@H]3n3ccc(=O)[nH]c3=O)[C@@H](O)[C@H]2O)c(=O)n1.